The third-order valence-corrected chi connectivity index (χ3v) is 3.84. The lowest BCUT2D eigenvalue weighted by molar-refractivity contribution is 0.136. The molecule has 3 heteroatoms. The quantitative estimate of drug-likeness (QED) is 0.854. The molecule has 0 radical (unpaired) electrons. The van der Waals surface area contributed by atoms with Crippen LogP contribution in [0.4, 0.5) is 5.69 Å². The van der Waals surface area contributed by atoms with Crippen molar-refractivity contribution in [1.29, 1.82) is 0 Å². The lowest BCUT2D eigenvalue weighted by atomic mass is 10.0. The number of nitrogens with one attached hydrogen (secondary N) is 1. The van der Waals surface area contributed by atoms with E-state index in [9.17, 15) is 0 Å². The van der Waals surface area contributed by atoms with Crippen molar-refractivity contribution in [2.75, 3.05) is 39.1 Å². The smallest absolute Gasteiger partial charge is 0.0361 e. The van der Waals surface area contributed by atoms with Crippen LogP contribution >= 0.6 is 0 Å². The van der Waals surface area contributed by atoms with Gasteiger partial charge in [0.05, 0.1) is 0 Å². The van der Waals surface area contributed by atoms with Crippen LogP contribution in [0, 0.1) is 0 Å². The van der Waals surface area contributed by atoms with Crippen molar-refractivity contribution in [1.82, 2.24) is 10.2 Å². The summed E-state index contributed by atoms with van der Waals surface area (Å²) in [5.41, 5.74) is 2.65. The molecule has 1 aromatic carbocycles. The minimum Gasteiger partial charge on any atom is -0.378 e. The normalized spacial score (nSPS) is 17.9. The molecule has 1 aromatic rings. The first-order chi connectivity index (χ1) is 8.09. The molecular formula is C14H23N3. The Bertz CT molecular complexity index is 354. The predicted octanol–water partition coefficient (Wildman–Crippen LogP) is 1.72. The minimum atomic E-state index is 0.485. The maximum Gasteiger partial charge on any atom is 0.0361 e. The Morgan fingerprint density at radius 2 is 1.71 bits per heavy atom. The number of hydrogen-bond acceptors (Lipinski definition) is 3. The van der Waals surface area contributed by atoms with E-state index in [4.69, 9.17) is 0 Å². The summed E-state index contributed by atoms with van der Waals surface area (Å²) in [6, 6.07) is 10.0. The van der Waals surface area contributed by atoms with Crippen LogP contribution in [-0.2, 0) is 0 Å². The van der Waals surface area contributed by atoms with Gasteiger partial charge < -0.3 is 10.2 Å². The third kappa shape index (κ3) is 2.61. The maximum absolute atomic E-state index is 3.32. The average molecular weight is 233 g/mol. The highest BCUT2D eigenvalue weighted by atomic mass is 15.2. The molecule has 1 fully saturated rings. The lowest BCUT2D eigenvalue weighted by Gasteiger charge is -2.39. The number of benzene rings is 1. The van der Waals surface area contributed by atoms with Gasteiger partial charge in [0, 0.05) is 45.0 Å². The Hall–Kier alpha value is -1.06. The molecule has 1 aliphatic heterocycles. The first kappa shape index (κ1) is 12.4. The molecule has 2 rings (SSSR count). The Morgan fingerprint density at radius 1 is 1.12 bits per heavy atom. The van der Waals surface area contributed by atoms with E-state index >= 15 is 0 Å². The summed E-state index contributed by atoms with van der Waals surface area (Å²) in [7, 11) is 6.37. The van der Waals surface area contributed by atoms with E-state index < -0.39 is 0 Å². The van der Waals surface area contributed by atoms with Crippen LogP contribution in [0.25, 0.3) is 0 Å². The van der Waals surface area contributed by atoms with E-state index in [2.05, 4.69) is 67.4 Å². The van der Waals surface area contributed by atoms with Gasteiger partial charge in [-0.25, -0.2) is 0 Å². The SMILES string of the molecule is CC(c1ccc(N(C)C)cc1)N(C)C1CNC1. The van der Waals surface area contributed by atoms with Crippen LogP contribution in [0.5, 0.6) is 0 Å². The number of hydrogen-bond donors (Lipinski definition) is 1. The second kappa shape index (κ2) is 5.07. The van der Waals surface area contributed by atoms with E-state index in [0.29, 0.717) is 12.1 Å². The molecule has 0 bridgehead atoms. The molecule has 0 aromatic heterocycles. The summed E-state index contributed by atoms with van der Waals surface area (Å²) in [6.45, 7) is 4.52. The molecule has 1 saturated heterocycles. The van der Waals surface area contributed by atoms with Gasteiger partial charge in [0.15, 0.2) is 0 Å². The maximum atomic E-state index is 3.32. The summed E-state index contributed by atoms with van der Waals surface area (Å²) in [5, 5.41) is 3.32. The van der Waals surface area contributed by atoms with Crippen LogP contribution in [0.2, 0.25) is 0 Å². The van der Waals surface area contributed by atoms with Gasteiger partial charge in [-0.15, -0.1) is 0 Å². The topological polar surface area (TPSA) is 18.5 Å². The van der Waals surface area contributed by atoms with Gasteiger partial charge in [-0.2, -0.15) is 0 Å². The highest BCUT2D eigenvalue weighted by Gasteiger charge is 2.25. The van der Waals surface area contributed by atoms with E-state index in [1.165, 1.54) is 11.3 Å². The van der Waals surface area contributed by atoms with Gasteiger partial charge in [-0.3, -0.25) is 4.90 Å². The third-order valence-electron chi connectivity index (χ3n) is 3.84. The monoisotopic (exact) mass is 233 g/mol. The molecule has 1 unspecified atom stereocenters. The number of rotatable bonds is 4. The summed E-state index contributed by atoms with van der Waals surface area (Å²) in [5.74, 6) is 0. The zero-order chi connectivity index (χ0) is 12.4. The van der Waals surface area contributed by atoms with Crippen molar-refractivity contribution in [3.05, 3.63) is 29.8 Å². The summed E-state index contributed by atoms with van der Waals surface area (Å²) in [6.07, 6.45) is 0. The van der Waals surface area contributed by atoms with Gasteiger partial charge in [-0.05, 0) is 31.7 Å². The fourth-order valence-corrected chi connectivity index (χ4v) is 2.16. The standard InChI is InChI=1S/C14H23N3/c1-11(17(4)14-9-15-10-14)12-5-7-13(8-6-12)16(2)3/h5-8,11,14-15H,9-10H2,1-4H3. The van der Waals surface area contributed by atoms with E-state index in [-0.39, 0.29) is 0 Å². The van der Waals surface area contributed by atoms with Crippen LogP contribution in [0.15, 0.2) is 24.3 Å². The molecule has 0 amide bonds. The van der Waals surface area contributed by atoms with Crippen molar-refractivity contribution in [2.45, 2.75) is 19.0 Å². The van der Waals surface area contributed by atoms with Crippen LogP contribution in [-0.4, -0.2) is 45.2 Å². The Morgan fingerprint density at radius 3 is 2.12 bits per heavy atom. The summed E-state index contributed by atoms with van der Waals surface area (Å²) < 4.78 is 0. The van der Waals surface area contributed by atoms with Crippen molar-refractivity contribution in [3.8, 4) is 0 Å². The largest absolute Gasteiger partial charge is 0.378 e. The van der Waals surface area contributed by atoms with Crippen LogP contribution < -0.4 is 10.2 Å². The molecule has 1 atom stereocenters. The first-order valence-electron chi connectivity index (χ1n) is 6.29. The minimum absolute atomic E-state index is 0.485. The van der Waals surface area contributed by atoms with E-state index in [1.807, 2.05) is 0 Å². The molecule has 1 aliphatic rings. The molecule has 0 saturated carbocycles. The van der Waals surface area contributed by atoms with E-state index in [1.54, 1.807) is 0 Å². The van der Waals surface area contributed by atoms with Crippen LogP contribution in [0.1, 0.15) is 18.5 Å². The highest BCUT2D eigenvalue weighted by molar-refractivity contribution is 5.46. The van der Waals surface area contributed by atoms with Crippen molar-refractivity contribution in [2.24, 2.45) is 0 Å². The average Bonchev–Trinajstić information content (AvgIpc) is 2.25. The van der Waals surface area contributed by atoms with Crippen LogP contribution in [0.3, 0.4) is 0 Å². The van der Waals surface area contributed by atoms with Crippen molar-refractivity contribution < 1.29 is 0 Å². The highest BCUT2D eigenvalue weighted by Crippen LogP contribution is 2.24. The molecule has 17 heavy (non-hydrogen) atoms. The second-order valence-corrected chi connectivity index (χ2v) is 5.14. The van der Waals surface area contributed by atoms with Gasteiger partial charge in [0.2, 0.25) is 0 Å². The molecular weight excluding hydrogens is 210 g/mol. The molecule has 1 heterocycles. The van der Waals surface area contributed by atoms with Gasteiger partial charge in [0.25, 0.3) is 0 Å². The molecule has 94 valence electrons. The molecule has 1 N–H and O–H groups in total. The first-order valence-corrected chi connectivity index (χ1v) is 6.29. The zero-order valence-corrected chi connectivity index (χ0v) is 11.3. The summed E-state index contributed by atoms with van der Waals surface area (Å²) >= 11 is 0. The zero-order valence-electron chi connectivity index (χ0n) is 11.3. The van der Waals surface area contributed by atoms with Crippen molar-refractivity contribution in [3.63, 3.8) is 0 Å². The van der Waals surface area contributed by atoms with E-state index in [0.717, 1.165) is 13.1 Å². The Kier molecular flexibility index (Phi) is 3.69. The fourth-order valence-electron chi connectivity index (χ4n) is 2.16. The molecule has 0 aliphatic carbocycles. The van der Waals surface area contributed by atoms with Crippen molar-refractivity contribution >= 4 is 5.69 Å². The second-order valence-electron chi connectivity index (χ2n) is 5.14. The number of anilines is 1. The molecule has 0 spiro atoms. The number of likely N-dealkylation sites (N-methyl/N-ethyl adjacent to an activating group) is 1. The Labute approximate surface area is 104 Å². The fraction of sp³-hybridized carbons (Fsp3) is 0.571. The number of nitrogens with zero attached hydrogens (tertiary/aromatic N) is 2. The Balaban J connectivity index is 2.05. The lowest BCUT2D eigenvalue weighted by Crippen LogP contribution is -2.56. The van der Waals surface area contributed by atoms with Gasteiger partial charge in [-0.1, -0.05) is 12.1 Å². The predicted molar refractivity (Wildman–Crippen MR) is 73.6 cm³/mol. The van der Waals surface area contributed by atoms with Gasteiger partial charge in [0.1, 0.15) is 0 Å². The van der Waals surface area contributed by atoms with Gasteiger partial charge >= 0.3 is 0 Å². The summed E-state index contributed by atoms with van der Waals surface area (Å²) in [4.78, 5) is 4.59. The molecule has 3 nitrogen and oxygen atoms in total.